The molecule has 3 rings (SSSR count). The molecule has 1 heterocycles. The lowest BCUT2D eigenvalue weighted by Gasteiger charge is -2.13. The zero-order valence-corrected chi connectivity index (χ0v) is 11.3. The van der Waals surface area contributed by atoms with Gasteiger partial charge < -0.3 is 4.57 Å². The first-order chi connectivity index (χ1) is 9.27. The minimum atomic E-state index is 1.24. The molecule has 0 aliphatic heterocycles. The molecule has 0 N–H and O–H groups in total. The van der Waals surface area contributed by atoms with Crippen molar-refractivity contribution in [3.8, 4) is 16.9 Å². The molecule has 0 saturated carbocycles. The summed E-state index contributed by atoms with van der Waals surface area (Å²) in [4.78, 5) is 0. The molecule has 0 aliphatic rings. The van der Waals surface area contributed by atoms with Crippen LogP contribution >= 0.6 is 0 Å². The summed E-state index contributed by atoms with van der Waals surface area (Å²) >= 11 is 0. The third kappa shape index (κ3) is 2.08. The fraction of sp³-hybridized carbons (Fsp3) is 0.111. The van der Waals surface area contributed by atoms with Crippen molar-refractivity contribution in [3.05, 3.63) is 78.0 Å². The Morgan fingerprint density at radius 2 is 1.37 bits per heavy atom. The SMILES string of the molecule is Cc1ccccc1-c1cccn1-c1ccccc1C. The molecule has 0 bridgehead atoms. The van der Waals surface area contributed by atoms with Crippen molar-refractivity contribution in [2.75, 3.05) is 0 Å². The lowest BCUT2D eigenvalue weighted by Crippen LogP contribution is -1.98. The molecule has 1 aromatic heterocycles. The number of nitrogens with zero attached hydrogens (tertiary/aromatic N) is 1. The number of aryl methyl sites for hydroxylation is 2. The summed E-state index contributed by atoms with van der Waals surface area (Å²) in [6.07, 6.45) is 2.13. The van der Waals surface area contributed by atoms with Crippen LogP contribution in [0.15, 0.2) is 66.9 Å². The number of aromatic nitrogens is 1. The van der Waals surface area contributed by atoms with E-state index in [1.54, 1.807) is 0 Å². The molecule has 0 atom stereocenters. The maximum atomic E-state index is 2.26. The molecule has 0 radical (unpaired) electrons. The Morgan fingerprint density at radius 3 is 2.11 bits per heavy atom. The second kappa shape index (κ2) is 4.77. The molecule has 3 aromatic rings. The molecule has 1 heteroatoms. The zero-order chi connectivity index (χ0) is 13.2. The molecule has 19 heavy (non-hydrogen) atoms. The van der Waals surface area contributed by atoms with Gasteiger partial charge in [-0.25, -0.2) is 0 Å². The Hall–Kier alpha value is -2.28. The van der Waals surface area contributed by atoms with Crippen molar-refractivity contribution >= 4 is 0 Å². The Balaban J connectivity index is 2.20. The summed E-state index contributed by atoms with van der Waals surface area (Å²) in [7, 11) is 0. The van der Waals surface area contributed by atoms with Gasteiger partial charge in [-0.1, -0.05) is 42.5 Å². The van der Waals surface area contributed by atoms with Crippen LogP contribution in [-0.2, 0) is 0 Å². The van der Waals surface area contributed by atoms with E-state index in [0.717, 1.165) is 0 Å². The number of rotatable bonds is 2. The molecule has 0 spiro atoms. The molecule has 0 unspecified atom stereocenters. The summed E-state index contributed by atoms with van der Waals surface area (Å²) in [6, 6.07) is 21.3. The first-order valence-electron chi connectivity index (χ1n) is 6.57. The molecule has 2 aromatic carbocycles. The van der Waals surface area contributed by atoms with Crippen LogP contribution in [0.3, 0.4) is 0 Å². The van der Waals surface area contributed by atoms with E-state index in [1.807, 2.05) is 0 Å². The van der Waals surface area contributed by atoms with Crippen molar-refractivity contribution in [2.45, 2.75) is 13.8 Å². The Kier molecular flexibility index (Phi) is 2.96. The quantitative estimate of drug-likeness (QED) is 0.615. The van der Waals surface area contributed by atoms with E-state index in [1.165, 1.54) is 28.1 Å². The smallest absolute Gasteiger partial charge is 0.0531 e. The van der Waals surface area contributed by atoms with E-state index in [9.17, 15) is 0 Å². The fourth-order valence-electron chi connectivity index (χ4n) is 2.50. The minimum absolute atomic E-state index is 1.24. The third-order valence-electron chi connectivity index (χ3n) is 3.54. The number of hydrogen-bond acceptors (Lipinski definition) is 0. The van der Waals surface area contributed by atoms with Gasteiger partial charge in [-0.15, -0.1) is 0 Å². The molecule has 0 amide bonds. The Labute approximate surface area is 114 Å². The van der Waals surface area contributed by atoms with Crippen LogP contribution in [0.1, 0.15) is 11.1 Å². The average Bonchev–Trinajstić information content (AvgIpc) is 2.89. The fourth-order valence-corrected chi connectivity index (χ4v) is 2.50. The topological polar surface area (TPSA) is 4.93 Å². The van der Waals surface area contributed by atoms with E-state index in [2.05, 4.69) is 85.3 Å². The molecule has 0 saturated heterocycles. The van der Waals surface area contributed by atoms with Gasteiger partial charge in [0.15, 0.2) is 0 Å². The van der Waals surface area contributed by atoms with E-state index >= 15 is 0 Å². The second-order valence-corrected chi connectivity index (χ2v) is 4.86. The van der Waals surface area contributed by atoms with E-state index in [4.69, 9.17) is 0 Å². The number of hydrogen-bond donors (Lipinski definition) is 0. The first kappa shape index (κ1) is 11.8. The van der Waals surface area contributed by atoms with Crippen molar-refractivity contribution in [2.24, 2.45) is 0 Å². The summed E-state index contributed by atoms with van der Waals surface area (Å²) in [5.41, 5.74) is 6.36. The Bertz CT molecular complexity index is 647. The highest BCUT2D eigenvalue weighted by atomic mass is 15.0. The van der Waals surface area contributed by atoms with Crippen LogP contribution in [0, 0.1) is 13.8 Å². The average molecular weight is 247 g/mol. The second-order valence-electron chi connectivity index (χ2n) is 4.86. The Morgan fingerprint density at radius 1 is 0.684 bits per heavy atom. The molecule has 0 aliphatic carbocycles. The summed E-state index contributed by atoms with van der Waals surface area (Å²) < 4.78 is 2.26. The van der Waals surface area contributed by atoms with Crippen molar-refractivity contribution in [1.82, 2.24) is 4.57 Å². The maximum Gasteiger partial charge on any atom is 0.0531 e. The molecular weight excluding hydrogens is 230 g/mol. The van der Waals surface area contributed by atoms with Gasteiger partial charge in [-0.3, -0.25) is 0 Å². The largest absolute Gasteiger partial charge is 0.316 e. The van der Waals surface area contributed by atoms with Crippen molar-refractivity contribution in [1.29, 1.82) is 0 Å². The standard InChI is InChI=1S/C18H17N/c1-14-8-3-5-10-16(14)18-12-7-13-19(18)17-11-6-4-9-15(17)2/h3-13H,1-2H3. The van der Waals surface area contributed by atoms with Crippen molar-refractivity contribution in [3.63, 3.8) is 0 Å². The van der Waals surface area contributed by atoms with Crippen LogP contribution in [0.4, 0.5) is 0 Å². The van der Waals surface area contributed by atoms with Gasteiger partial charge >= 0.3 is 0 Å². The molecule has 1 nitrogen and oxygen atoms in total. The van der Waals surface area contributed by atoms with E-state index < -0.39 is 0 Å². The lowest BCUT2D eigenvalue weighted by molar-refractivity contribution is 1.07. The van der Waals surface area contributed by atoms with Crippen LogP contribution in [0.5, 0.6) is 0 Å². The van der Waals surface area contributed by atoms with Crippen LogP contribution in [0.25, 0.3) is 16.9 Å². The summed E-state index contributed by atoms with van der Waals surface area (Å²) in [6.45, 7) is 4.31. The third-order valence-corrected chi connectivity index (χ3v) is 3.54. The van der Waals surface area contributed by atoms with Gasteiger partial charge in [0.25, 0.3) is 0 Å². The normalized spacial score (nSPS) is 10.6. The van der Waals surface area contributed by atoms with Crippen LogP contribution < -0.4 is 0 Å². The number of benzene rings is 2. The van der Waals surface area contributed by atoms with Gasteiger partial charge in [0, 0.05) is 17.4 Å². The van der Waals surface area contributed by atoms with Crippen LogP contribution in [0.2, 0.25) is 0 Å². The van der Waals surface area contributed by atoms with Gasteiger partial charge in [-0.05, 0) is 43.2 Å². The highest BCUT2D eigenvalue weighted by Gasteiger charge is 2.08. The highest BCUT2D eigenvalue weighted by molar-refractivity contribution is 5.67. The predicted octanol–water partition coefficient (Wildman–Crippen LogP) is 4.76. The molecule has 94 valence electrons. The lowest BCUT2D eigenvalue weighted by atomic mass is 10.1. The number of para-hydroxylation sites is 1. The maximum absolute atomic E-state index is 2.26. The molecule has 0 fully saturated rings. The van der Waals surface area contributed by atoms with Gasteiger partial charge in [0.1, 0.15) is 0 Å². The van der Waals surface area contributed by atoms with Crippen molar-refractivity contribution < 1.29 is 0 Å². The first-order valence-corrected chi connectivity index (χ1v) is 6.57. The summed E-state index contributed by atoms with van der Waals surface area (Å²) in [5.74, 6) is 0. The van der Waals surface area contributed by atoms with Gasteiger partial charge in [0.2, 0.25) is 0 Å². The molecular formula is C18H17N. The van der Waals surface area contributed by atoms with Crippen LogP contribution in [-0.4, -0.2) is 4.57 Å². The van der Waals surface area contributed by atoms with Gasteiger partial charge in [0.05, 0.1) is 5.69 Å². The zero-order valence-electron chi connectivity index (χ0n) is 11.3. The summed E-state index contributed by atoms with van der Waals surface area (Å²) in [5, 5.41) is 0. The van der Waals surface area contributed by atoms with E-state index in [0.29, 0.717) is 0 Å². The monoisotopic (exact) mass is 247 g/mol. The predicted molar refractivity (Wildman–Crippen MR) is 80.7 cm³/mol. The van der Waals surface area contributed by atoms with E-state index in [-0.39, 0.29) is 0 Å². The highest BCUT2D eigenvalue weighted by Crippen LogP contribution is 2.27. The minimum Gasteiger partial charge on any atom is -0.316 e. The van der Waals surface area contributed by atoms with Gasteiger partial charge in [-0.2, -0.15) is 0 Å².